The molecule has 3 aromatic rings. The van der Waals surface area contributed by atoms with Gasteiger partial charge in [0, 0.05) is 76.3 Å². The number of piperazine rings is 1. The van der Waals surface area contributed by atoms with E-state index in [1.54, 1.807) is 6.20 Å². The first-order valence-corrected chi connectivity index (χ1v) is 14.0. The van der Waals surface area contributed by atoms with Crippen molar-refractivity contribution >= 4 is 22.4 Å². The van der Waals surface area contributed by atoms with Crippen LogP contribution in [-0.4, -0.2) is 86.8 Å². The molecule has 0 atom stereocenters. The molecule has 1 saturated carbocycles. The van der Waals surface area contributed by atoms with E-state index >= 15 is 0 Å². The molecule has 0 amide bonds. The van der Waals surface area contributed by atoms with Crippen molar-refractivity contribution in [2.75, 3.05) is 51.3 Å². The second-order valence-corrected chi connectivity index (χ2v) is 11.3. The van der Waals surface area contributed by atoms with Crippen LogP contribution in [0.25, 0.3) is 10.6 Å². The SMILES string of the molecule is CCN1CCN(Cc2cnc(Nc3ncc(-c4ccnc(OC5CC6(CCOCC6)C5)n4)s3)nc2)CC1. The van der Waals surface area contributed by atoms with Crippen LogP contribution in [-0.2, 0) is 11.3 Å². The Kier molecular flexibility index (Phi) is 7.27. The molecule has 1 aliphatic carbocycles. The molecule has 37 heavy (non-hydrogen) atoms. The zero-order valence-electron chi connectivity index (χ0n) is 21.3. The van der Waals surface area contributed by atoms with Crippen molar-refractivity contribution in [1.29, 1.82) is 0 Å². The summed E-state index contributed by atoms with van der Waals surface area (Å²) < 4.78 is 11.6. The van der Waals surface area contributed by atoms with E-state index in [1.165, 1.54) is 11.3 Å². The lowest BCUT2D eigenvalue weighted by molar-refractivity contribution is -0.0880. The van der Waals surface area contributed by atoms with Gasteiger partial charge in [-0.15, -0.1) is 0 Å². The maximum Gasteiger partial charge on any atom is 0.317 e. The van der Waals surface area contributed by atoms with Crippen LogP contribution in [0.4, 0.5) is 11.1 Å². The highest BCUT2D eigenvalue weighted by molar-refractivity contribution is 7.18. The Bertz CT molecular complexity index is 1170. The maximum absolute atomic E-state index is 6.10. The number of nitrogens with one attached hydrogen (secondary N) is 1. The molecule has 0 unspecified atom stereocenters. The summed E-state index contributed by atoms with van der Waals surface area (Å²) in [5.74, 6) is 0.541. The predicted octanol–water partition coefficient (Wildman–Crippen LogP) is 3.61. The predicted molar refractivity (Wildman–Crippen MR) is 142 cm³/mol. The number of aromatic nitrogens is 5. The molecule has 196 valence electrons. The lowest BCUT2D eigenvalue weighted by atomic mass is 9.62. The summed E-state index contributed by atoms with van der Waals surface area (Å²) in [6.07, 6.45) is 11.9. The van der Waals surface area contributed by atoms with Crippen LogP contribution in [0, 0.1) is 5.41 Å². The van der Waals surface area contributed by atoms with Gasteiger partial charge < -0.3 is 19.7 Å². The fraction of sp³-hybridized carbons (Fsp3) is 0.577. The van der Waals surface area contributed by atoms with Gasteiger partial charge in [0.05, 0.1) is 10.6 Å². The minimum atomic E-state index is 0.188. The van der Waals surface area contributed by atoms with Crippen LogP contribution < -0.4 is 10.1 Å². The number of rotatable bonds is 8. The third kappa shape index (κ3) is 5.90. The normalized spacial score (nSPS) is 20.6. The fourth-order valence-corrected chi connectivity index (χ4v) is 6.23. The Hall–Kier alpha value is -2.73. The van der Waals surface area contributed by atoms with Gasteiger partial charge in [-0.2, -0.15) is 4.98 Å². The summed E-state index contributed by atoms with van der Waals surface area (Å²) in [4.78, 5) is 28.4. The van der Waals surface area contributed by atoms with Crippen LogP contribution >= 0.6 is 11.3 Å². The number of anilines is 2. The van der Waals surface area contributed by atoms with Gasteiger partial charge in [0.2, 0.25) is 5.95 Å². The first-order valence-electron chi connectivity index (χ1n) is 13.2. The highest BCUT2D eigenvalue weighted by atomic mass is 32.1. The van der Waals surface area contributed by atoms with E-state index in [9.17, 15) is 0 Å². The highest BCUT2D eigenvalue weighted by Gasteiger charge is 2.46. The van der Waals surface area contributed by atoms with Crippen molar-refractivity contribution in [2.24, 2.45) is 5.41 Å². The van der Waals surface area contributed by atoms with E-state index in [2.05, 4.69) is 47.0 Å². The van der Waals surface area contributed by atoms with Crippen molar-refractivity contribution in [2.45, 2.75) is 45.3 Å². The number of thiazole rings is 1. The standard InChI is InChI=1S/C26H34N8O2S/c1-2-33-7-9-34(10-8-33)18-19-15-28-23(29-16-19)32-25-30-17-22(37-25)21-3-6-27-24(31-21)36-20-13-26(14-20)4-11-35-12-5-26/h3,6,15-17,20H,2,4-5,7-14,18H2,1H3,(H,28,29,30,32). The highest BCUT2D eigenvalue weighted by Crippen LogP contribution is 2.49. The Labute approximate surface area is 221 Å². The van der Waals surface area contributed by atoms with Gasteiger partial charge in [-0.25, -0.2) is 19.9 Å². The van der Waals surface area contributed by atoms with Gasteiger partial charge >= 0.3 is 6.01 Å². The molecular weight excluding hydrogens is 488 g/mol. The molecule has 1 spiro atoms. The average molecular weight is 523 g/mol. The van der Waals surface area contributed by atoms with Crippen LogP contribution in [0.3, 0.4) is 0 Å². The van der Waals surface area contributed by atoms with Crippen LogP contribution in [0.5, 0.6) is 6.01 Å². The van der Waals surface area contributed by atoms with Crippen molar-refractivity contribution in [3.05, 3.63) is 36.4 Å². The second kappa shape index (κ2) is 10.9. The Balaban J connectivity index is 1.02. The van der Waals surface area contributed by atoms with Gasteiger partial charge in [-0.3, -0.25) is 4.90 Å². The Morgan fingerprint density at radius 1 is 1.03 bits per heavy atom. The third-order valence-electron chi connectivity index (χ3n) is 7.78. The summed E-state index contributed by atoms with van der Waals surface area (Å²) in [5.41, 5.74) is 2.33. The monoisotopic (exact) mass is 522 g/mol. The van der Waals surface area contributed by atoms with Crippen molar-refractivity contribution in [1.82, 2.24) is 34.7 Å². The zero-order valence-corrected chi connectivity index (χ0v) is 22.1. The summed E-state index contributed by atoms with van der Waals surface area (Å²) in [6.45, 7) is 10.4. The molecular formula is C26H34N8O2S. The molecule has 0 bridgehead atoms. The second-order valence-electron chi connectivity index (χ2n) is 10.3. The Morgan fingerprint density at radius 2 is 1.78 bits per heavy atom. The van der Waals surface area contributed by atoms with E-state index in [0.29, 0.717) is 17.4 Å². The molecule has 2 saturated heterocycles. The molecule has 10 nitrogen and oxygen atoms in total. The van der Waals surface area contributed by atoms with E-state index in [-0.39, 0.29) is 6.10 Å². The van der Waals surface area contributed by atoms with Crippen LogP contribution in [0.15, 0.2) is 30.9 Å². The molecule has 3 aliphatic rings. The van der Waals surface area contributed by atoms with Gasteiger partial charge in [0.25, 0.3) is 0 Å². The van der Waals surface area contributed by atoms with Crippen LogP contribution in [0.2, 0.25) is 0 Å². The summed E-state index contributed by atoms with van der Waals surface area (Å²) in [6, 6.07) is 2.32. The molecule has 11 heteroatoms. The first-order chi connectivity index (χ1) is 18.2. The van der Waals surface area contributed by atoms with E-state index in [1.807, 2.05) is 24.7 Å². The summed E-state index contributed by atoms with van der Waals surface area (Å²) in [5, 5.41) is 3.94. The largest absolute Gasteiger partial charge is 0.460 e. The Morgan fingerprint density at radius 3 is 2.54 bits per heavy atom. The molecule has 3 aromatic heterocycles. The van der Waals surface area contributed by atoms with Crippen molar-refractivity contribution < 1.29 is 9.47 Å². The van der Waals surface area contributed by atoms with Gasteiger partial charge in [0.15, 0.2) is 5.13 Å². The first kappa shape index (κ1) is 24.6. The van der Waals surface area contributed by atoms with Gasteiger partial charge in [-0.05, 0) is 43.7 Å². The van der Waals surface area contributed by atoms with E-state index in [4.69, 9.17) is 9.47 Å². The summed E-state index contributed by atoms with van der Waals surface area (Å²) in [7, 11) is 0. The number of hydrogen-bond donors (Lipinski definition) is 1. The molecule has 5 heterocycles. The van der Waals surface area contributed by atoms with E-state index in [0.717, 1.165) is 99.4 Å². The van der Waals surface area contributed by atoms with Gasteiger partial charge in [-0.1, -0.05) is 18.3 Å². The molecule has 1 N–H and O–H groups in total. The molecule has 0 aromatic carbocycles. The minimum absolute atomic E-state index is 0.188. The smallest absolute Gasteiger partial charge is 0.317 e. The zero-order chi connectivity index (χ0) is 25.1. The molecule has 2 aliphatic heterocycles. The molecule has 0 radical (unpaired) electrons. The minimum Gasteiger partial charge on any atom is -0.460 e. The number of likely N-dealkylation sites (N-methyl/N-ethyl adjacent to an activating group) is 1. The van der Waals surface area contributed by atoms with Crippen molar-refractivity contribution in [3.8, 4) is 16.6 Å². The average Bonchev–Trinajstić information content (AvgIpc) is 3.39. The third-order valence-corrected chi connectivity index (χ3v) is 8.72. The maximum atomic E-state index is 6.10. The summed E-state index contributed by atoms with van der Waals surface area (Å²) >= 11 is 1.51. The van der Waals surface area contributed by atoms with Gasteiger partial charge in [0.1, 0.15) is 6.10 Å². The van der Waals surface area contributed by atoms with Crippen LogP contribution in [0.1, 0.15) is 38.2 Å². The van der Waals surface area contributed by atoms with Crippen molar-refractivity contribution in [3.63, 3.8) is 0 Å². The number of ether oxygens (including phenoxy) is 2. The lowest BCUT2D eigenvalue weighted by Crippen LogP contribution is -2.47. The molecule has 3 fully saturated rings. The quantitative estimate of drug-likeness (QED) is 0.472. The molecule has 6 rings (SSSR count). The lowest BCUT2D eigenvalue weighted by Gasteiger charge is -2.49. The topological polar surface area (TPSA) is 101 Å². The number of hydrogen-bond acceptors (Lipinski definition) is 11. The fourth-order valence-electron chi connectivity index (χ4n) is 5.45. The van der Waals surface area contributed by atoms with E-state index < -0.39 is 0 Å². The number of nitrogens with zero attached hydrogens (tertiary/aromatic N) is 7.